The standard InChI is InChI=1S/C17H22N2O4S/c1-13(14-5-3-2-4-6-14)19-24(22,23)17-9-7-15(8-10-17)18-11-16(21)12-20/h2-10,13,16,18-21H,11-12H2,1H3. The van der Waals surface area contributed by atoms with E-state index >= 15 is 0 Å². The summed E-state index contributed by atoms with van der Waals surface area (Å²) < 4.78 is 27.5. The fourth-order valence-corrected chi connectivity index (χ4v) is 3.39. The van der Waals surface area contributed by atoms with Gasteiger partial charge in [0.25, 0.3) is 0 Å². The van der Waals surface area contributed by atoms with Gasteiger partial charge in [-0.25, -0.2) is 13.1 Å². The monoisotopic (exact) mass is 350 g/mol. The molecular formula is C17H22N2O4S. The fourth-order valence-electron chi connectivity index (χ4n) is 2.16. The SMILES string of the molecule is CC(NS(=O)(=O)c1ccc(NCC(O)CO)cc1)c1ccccc1. The van der Waals surface area contributed by atoms with E-state index in [1.807, 2.05) is 30.3 Å². The van der Waals surface area contributed by atoms with Gasteiger partial charge in [0.05, 0.1) is 17.6 Å². The lowest BCUT2D eigenvalue weighted by atomic mass is 10.1. The van der Waals surface area contributed by atoms with E-state index in [1.165, 1.54) is 12.1 Å². The van der Waals surface area contributed by atoms with Crippen LogP contribution in [-0.4, -0.2) is 37.9 Å². The Morgan fingerprint density at radius 2 is 1.67 bits per heavy atom. The summed E-state index contributed by atoms with van der Waals surface area (Å²) in [5, 5.41) is 21.0. The summed E-state index contributed by atoms with van der Waals surface area (Å²) in [5.74, 6) is 0. The maximum Gasteiger partial charge on any atom is 0.241 e. The average molecular weight is 350 g/mol. The number of nitrogens with one attached hydrogen (secondary N) is 2. The van der Waals surface area contributed by atoms with Crippen molar-refractivity contribution in [1.29, 1.82) is 0 Å². The van der Waals surface area contributed by atoms with Gasteiger partial charge in [-0.1, -0.05) is 30.3 Å². The van der Waals surface area contributed by atoms with Crippen molar-refractivity contribution in [3.05, 3.63) is 60.2 Å². The third-order valence-electron chi connectivity index (χ3n) is 3.55. The van der Waals surface area contributed by atoms with Crippen LogP contribution in [0, 0.1) is 0 Å². The van der Waals surface area contributed by atoms with Crippen molar-refractivity contribution in [3.8, 4) is 0 Å². The summed E-state index contributed by atoms with van der Waals surface area (Å²) in [4.78, 5) is 0.165. The Morgan fingerprint density at radius 3 is 2.25 bits per heavy atom. The van der Waals surface area contributed by atoms with Crippen LogP contribution >= 0.6 is 0 Å². The molecule has 2 aromatic carbocycles. The van der Waals surface area contributed by atoms with Crippen LogP contribution in [0.15, 0.2) is 59.5 Å². The Morgan fingerprint density at radius 1 is 1.04 bits per heavy atom. The van der Waals surface area contributed by atoms with E-state index in [-0.39, 0.29) is 24.1 Å². The average Bonchev–Trinajstić information content (AvgIpc) is 2.60. The lowest BCUT2D eigenvalue weighted by molar-refractivity contribution is 0.105. The topological polar surface area (TPSA) is 98.7 Å². The number of hydrogen-bond acceptors (Lipinski definition) is 5. The van der Waals surface area contributed by atoms with Gasteiger partial charge in [-0.3, -0.25) is 0 Å². The molecule has 0 saturated carbocycles. The zero-order chi connectivity index (χ0) is 17.6. The number of aliphatic hydroxyl groups excluding tert-OH is 2. The van der Waals surface area contributed by atoms with E-state index in [0.717, 1.165) is 5.56 Å². The highest BCUT2D eigenvalue weighted by Gasteiger charge is 2.18. The molecule has 0 bridgehead atoms. The molecule has 130 valence electrons. The molecule has 0 aromatic heterocycles. The van der Waals surface area contributed by atoms with Crippen molar-refractivity contribution >= 4 is 15.7 Å². The van der Waals surface area contributed by atoms with Crippen LogP contribution in [-0.2, 0) is 10.0 Å². The number of aliphatic hydroxyl groups is 2. The summed E-state index contributed by atoms with van der Waals surface area (Å²) in [6.07, 6.45) is -0.859. The van der Waals surface area contributed by atoms with Crippen molar-refractivity contribution in [2.75, 3.05) is 18.5 Å². The molecule has 0 saturated heterocycles. The lowest BCUT2D eigenvalue weighted by Crippen LogP contribution is -2.27. The third-order valence-corrected chi connectivity index (χ3v) is 5.11. The predicted octanol–water partition coefficient (Wildman–Crippen LogP) is 1.49. The first kappa shape index (κ1) is 18.4. The molecule has 6 nitrogen and oxygen atoms in total. The molecule has 0 aliphatic rings. The molecule has 0 fully saturated rings. The van der Waals surface area contributed by atoms with Crippen LogP contribution in [0.2, 0.25) is 0 Å². The molecule has 0 radical (unpaired) electrons. The van der Waals surface area contributed by atoms with Gasteiger partial charge in [-0.2, -0.15) is 0 Å². The van der Waals surface area contributed by atoms with E-state index in [9.17, 15) is 13.5 Å². The largest absolute Gasteiger partial charge is 0.394 e. The number of rotatable bonds is 8. The maximum absolute atomic E-state index is 12.4. The normalized spacial score (nSPS) is 14.1. The molecule has 0 heterocycles. The minimum Gasteiger partial charge on any atom is -0.394 e. The van der Waals surface area contributed by atoms with E-state index < -0.39 is 16.1 Å². The zero-order valence-electron chi connectivity index (χ0n) is 13.4. The van der Waals surface area contributed by atoms with E-state index in [0.29, 0.717) is 5.69 Å². The fraction of sp³-hybridized carbons (Fsp3) is 0.294. The van der Waals surface area contributed by atoms with Gasteiger partial charge in [-0.15, -0.1) is 0 Å². The molecule has 2 rings (SSSR count). The highest BCUT2D eigenvalue weighted by molar-refractivity contribution is 7.89. The Balaban J connectivity index is 2.04. The van der Waals surface area contributed by atoms with Crippen LogP contribution in [0.5, 0.6) is 0 Å². The van der Waals surface area contributed by atoms with Gasteiger partial charge >= 0.3 is 0 Å². The molecule has 7 heteroatoms. The quantitative estimate of drug-likeness (QED) is 0.578. The lowest BCUT2D eigenvalue weighted by Gasteiger charge is -2.15. The Labute approximate surface area is 142 Å². The van der Waals surface area contributed by atoms with Crippen molar-refractivity contribution in [2.45, 2.75) is 24.0 Å². The van der Waals surface area contributed by atoms with E-state index in [2.05, 4.69) is 10.0 Å². The number of sulfonamides is 1. The van der Waals surface area contributed by atoms with Crippen LogP contribution in [0.4, 0.5) is 5.69 Å². The second-order valence-electron chi connectivity index (χ2n) is 5.50. The first-order valence-electron chi connectivity index (χ1n) is 7.62. The summed E-state index contributed by atoms with van der Waals surface area (Å²) >= 11 is 0. The van der Waals surface area contributed by atoms with Crippen molar-refractivity contribution in [2.24, 2.45) is 0 Å². The predicted molar refractivity (Wildman–Crippen MR) is 93.2 cm³/mol. The minimum atomic E-state index is -3.63. The molecule has 0 aliphatic heterocycles. The summed E-state index contributed by atoms with van der Waals surface area (Å²) in [6, 6.07) is 15.2. The summed E-state index contributed by atoms with van der Waals surface area (Å²) in [7, 11) is -3.63. The second-order valence-corrected chi connectivity index (χ2v) is 7.21. The molecule has 0 amide bonds. The van der Waals surface area contributed by atoms with Crippen molar-refractivity contribution in [3.63, 3.8) is 0 Å². The number of anilines is 1. The number of hydrogen-bond donors (Lipinski definition) is 4. The minimum absolute atomic E-state index is 0.165. The van der Waals surface area contributed by atoms with Gasteiger partial charge in [0.1, 0.15) is 0 Å². The molecule has 4 N–H and O–H groups in total. The third kappa shape index (κ3) is 5.04. The second kappa shape index (κ2) is 8.25. The molecule has 0 aliphatic carbocycles. The molecule has 2 aromatic rings. The smallest absolute Gasteiger partial charge is 0.241 e. The van der Waals surface area contributed by atoms with Gasteiger partial charge in [0, 0.05) is 18.3 Å². The van der Waals surface area contributed by atoms with Gasteiger partial charge in [-0.05, 0) is 36.8 Å². The molecule has 2 unspecified atom stereocenters. The highest BCUT2D eigenvalue weighted by atomic mass is 32.2. The number of benzene rings is 2. The summed E-state index contributed by atoms with van der Waals surface area (Å²) in [6.45, 7) is 1.64. The van der Waals surface area contributed by atoms with E-state index in [4.69, 9.17) is 5.11 Å². The van der Waals surface area contributed by atoms with Gasteiger partial charge < -0.3 is 15.5 Å². The van der Waals surface area contributed by atoms with Crippen LogP contribution in [0.3, 0.4) is 0 Å². The summed E-state index contributed by atoms with van der Waals surface area (Å²) in [5.41, 5.74) is 1.55. The van der Waals surface area contributed by atoms with E-state index in [1.54, 1.807) is 19.1 Å². The van der Waals surface area contributed by atoms with Crippen LogP contribution in [0.25, 0.3) is 0 Å². The van der Waals surface area contributed by atoms with Gasteiger partial charge in [0.2, 0.25) is 10.0 Å². The van der Waals surface area contributed by atoms with Crippen molar-refractivity contribution < 1.29 is 18.6 Å². The molecular weight excluding hydrogens is 328 g/mol. The van der Waals surface area contributed by atoms with Crippen LogP contribution < -0.4 is 10.0 Å². The maximum atomic E-state index is 12.4. The molecule has 2 atom stereocenters. The Hall–Kier alpha value is -1.93. The van der Waals surface area contributed by atoms with Crippen molar-refractivity contribution in [1.82, 2.24) is 4.72 Å². The Kier molecular flexibility index (Phi) is 6.33. The first-order valence-corrected chi connectivity index (χ1v) is 9.11. The molecule has 24 heavy (non-hydrogen) atoms. The van der Waals surface area contributed by atoms with Gasteiger partial charge in [0.15, 0.2) is 0 Å². The Bertz CT molecular complexity index is 733. The zero-order valence-corrected chi connectivity index (χ0v) is 14.2. The van der Waals surface area contributed by atoms with Crippen LogP contribution in [0.1, 0.15) is 18.5 Å². The highest BCUT2D eigenvalue weighted by Crippen LogP contribution is 2.18. The molecule has 0 spiro atoms. The first-order chi connectivity index (χ1) is 11.4.